The Hall–Kier alpha value is -0.910. The van der Waals surface area contributed by atoms with Gasteiger partial charge in [0, 0.05) is 13.1 Å². The monoisotopic (exact) mass is 282 g/mol. The van der Waals surface area contributed by atoms with Crippen LogP contribution in [0.1, 0.15) is 24.4 Å². The Kier molecular flexibility index (Phi) is 4.96. The molecule has 0 atom stereocenters. The van der Waals surface area contributed by atoms with Gasteiger partial charge in [0.15, 0.2) is 5.13 Å². The second kappa shape index (κ2) is 6.50. The summed E-state index contributed by atoms with van der Waals surface area (Å²) >= 11 is 1.70. The number of nitrogens with zero attached hydrogens (tertiary/aromatic N) is 2. The van der Waals surface area contributed by atoms with Gasteiger partial charge in [-0.15, -0.1) is 0 Å². The van der Waals surface area contributed by atoms with Gasteiger partial charge in [-0.2, -0.15) is 0 Å². The molecule has 1 aromatic heterocycles. The molecule has 1 fully saturated rings. The molecule has 0 saturated carbocycles. The molecule has 5 heteroatoms. The second-order valence-electron chi connectivity index (χ2n) is 5.08. The van der Waals surface area contributed by atoms with E-state index in [0.29, 0.717) is 5.92 Å². The molecule has 0 aromatic carbocycles. The number of ether oxygens (including phenoxy) is 1. The molecule has 106 valence electrons. The van der Waals surface area contributed by atoms with Crippen molar-refractivity contribution < 1.29 is 9.84 Å². The van der Waals surface area contributed by atoms with E-state index in [1.54, 1.807) is 11.3 Å². The van der Waals surface area contributed by atoms with Crippen LogP contribution in [0.5, 0.6) is 0 Å². The maximum atomic E-state index is 9.39. The van der Waals surface area contributed by atoms with Gasteiger partial charge in [0.2, 0.25) is 0 Å². The predicted molar refractivity (Wildman–Crippen MR) is 79.8 cm³/mol. The zero-order valence-corrected chi connectivity index (χ0v) is 12.7. The van der Waals surface area contributed by atoms with Crippen LogP contribution in [-0.2, 0) is 4.74 Å². The summed E-state index contributed by atoms with van der Waals surface area (Å²) in [5.41, 5.74) is 2.10. The first-order chi connectivity index (χ1) is 9.11. The van der Waals surface area contributed by atoms with Crippen LogP contribution in [-0.4, -0.2) is 43.0 Å². The van der Waals surface area contributed by atoms with E-state index in [2.05, 4.69) is 29.8 Å². The predicted octanol–water partition coefficient (Wildman–Crippen LogP) is 2.32. The summed E-state index contributed by atoms with van der Waals surface area (Å²) in [4.78, 5) is 8.07. The molecule has 0 aliphatic carbocycles. The average Bonchev–Trinajstić information content (AvgIpc) is 2.78. The Bertz CT molecular complexity index is 448. The Morgan fingerprint density at radius 1 is 1.47 bits per heavy atom. The number of hydrogen-bond donors (Lipinski definition) is 1. The normalized spacial score (nSPS) is 17.3. The van der Waals surface area contributed by atoms with E-state index in [9.17, 15) is 5.11 Å². The van der Waals surface area contributed by atoms with Crippen LogP contribution in [0.4, 0.5) is 5.13 Å². The van der Waals surface area contributed by atoms with Crippen molar-refractivity contribution in [2.75, 3.05) is 37.8 Å². The summed E-state index contributed by atoms with van der Waals surface area (Å²) in [7, 11) is 0. The molecule has 1 aromatic rings. The number of aliphatic hydroxyl groups is 1. The van der Waals surface area contributed by atoms with E-state index in [1.807, 2.05) is 6.92 Å². The van der Waals surface area contributed by atoms with Crippen LogP contribution in [0, 0.1) is 12.8 Å². The summed E-state index contributed by atoms with van der Waals surface area (Å²) in [5.74, 6) is 0.360. The fourth-order valence-electron chi connectivity index (χ4n) is 1.98. The lowest BCUT2D eigenvalue weighted by Crippen LogP contribution is -2.36. The van der Waals surface area contributed by atoms with Crippen LogP contribution in [0.3, 0.4) is 0 Å². The molecule has 0 radical (unpaired) electrons. The average molecular weight is 282 g/mol. The van der Waals surface area contributed by atoms with Gasteiger partial charge in [-0.05, 0) is 24.5 Å². The van der Waals surface area contributed by atoms with Gasteiger partial charge in [-0.3, -0.25) is 0 Å². The molecule has 2 heterocycles. The van der Waals surface area contributed by atoms with Crippen molar-refractivity contribution in [3.05, 3.63) is 16.1 Å². The first kappa shape index (κ1) is 14.5. The SMILES string of the molecule is Cc1nc(N2CCOCC2)sc1C=C(CO)C(C)C. The molecule has 1 N–H and O–H groups in total. The number of aromatic nitrogens is 1. The minimum absolute atomic E-state index is 0.113. The quantitative estimate of drug-likeness (QED) is 0.920. The van der Waals surface area contributed by atoms with Crippen molar-refractivity contribution in [1.82, 2.24) is 4.98 Å². The standard InChI is InChI=1S/C14H22N2O2S/c1-10(2)12(9-17)8-13-11(3)15-14(19-13)16-4-6-18-7-5-16/h8,10,17H,4-7,9H2,1-3H3. The molecule has 0 bridgehead atoms. The molecule has 4 nitrogen and oxygen atoms in total. The first-order valence-electron chi connectivity index (χ1n) is 6.73. The third-order valence-electron chi connectivity index (χ3n) is 3.34. The Labute approximate surface area is 118 Å². The van der Waals surface area contributed by atoms with Crippen molar-refractivity contribution >= 4 is 22.5 Å². The first-order valence-corrected chi connectivity index (χ1v) is 7.55. The smallest absolute Gasteiger partial charge is 0.186 e. The Morgan fingerprint density at radius 2 is 2.16 bits per heavy atom. The Balaban J connectivity index is 2.20. The van der Waals surface area contributed by atoms with Crippen molar-refractivity contribution in [3.63, 3.8) is 0 Å². The van der Waals surface area contributed by atoms with Crippen molar-refractivity contribution in [2.45, 2.75) is 20.8 Å². The van der Waals surface area contributed by atoms with Crippen molar-refractivity contribution in [1.29, 1.82) is 0 Å². The summed E-state index contributed by atoms with van der Waals surface area (Å²) < 4.78 is 5.36. The zero-order chi connectivity index (χ0) is 13.8. The number of hydrogen-bond acceptors (Lipinski definition) is 5. The van der Waals surface area contributed by atoms with E-state index >= 15 is 0 Å². The highest BCUT2D eigenvalue weighted by molar-refractivity contribution is 7.16. The van der Waals surface area contributed by atoms with Gasteiger partial charge in [0.25, 0.3) is 0 Å². The molecule has 1 aliphatic heterocycles. The van der Waals surface area contributed by atoms with E-state index in [1.165, 1.54) is 0 Å². The maximum Gasteiger partial charge on any atom is 0.186 e. The van der Waals surface area contributed by atoms with Gasteiger partial charge in [-0.1, -0.05) is 25.2 Å². The highest BCUT2D eigenvalue weighted by Crippen LogP contribution is 2.29. The number of rotatable bonds is 4. The summed E-state index contributed by atoms with van der Waals surface area (Å²) in [6, 6.07) is 0. The molecule has 19 heavy (non-hydrogen) atoms. The minimum atomic E-state index is 0.113. The third kappa shape index (κ3) is 3.55. The fourth-order valence-corrected chi connectivity index (χ4v) is 3.08. The number of thiazole rings is 1. The van der Waals surface area contributed by atoms with Gasteiger partial charge in [-0.25, -0.2) is 4.98 Å². The van der Waals surface area contributed by atoms with Gasteiger partial charge < -0.3 is 14.7 Å². The molecular weight excluding hydrogens is 260 g/mol. The zero-order valence-electron chi connectivity index (χ0n) is 11.8. The summed E-state index contributed by atoms with van der Waals surface area (Å²) in [5, 5.41) is 10.5. The lowest BCUT2D eigenvalue weighted by atomic mass is 10.0. The molecule has 0 amide bonds. The van der Waals surface area contributed by atoms with Crippen LogP contribution >= 0.6 is 11.3 Å². The van der Waals surface area contributed by atoms with Crippen LogP contribution in [0.15, 0.2) is 5.57 Å². The van der Waals surface area contributed by atoms with Gasteiger partial charge in [0.1, 0.15) is 0 Å². The van der Waals surface area contributed by atoms with Gasteiger partial charge >= 0.3 is 0 Å². The number of anilines is 1. The maximum absolute atomic E-state index is 9.39. The molecule has 1 aliphatic rings. The largest absolute Gasteiger partial charge is 0.392 e. The lowest BCUT2D eigenvalue weighted by molar-refractivity contribution is 0.122. The lowest BCUT2D eigenvalue weighted by Gasteiger charge is -2.26. The van der Waals surface area contributed by atoms with Crippen LogP contribution < -0.4 is 4.90 Å². The minimum Gasteiger partial charge on any atom is -0.392 e. The molecule has 0 unspecified atom stereocenters. The summed E-state index contributed by atoms with van der Waals surface area (Å²) in [6.45, 7) is 9.71. The summed E-state index contributed by atoms with van der Waals surface area (Å²) in [6.07, 6.45) is 2.08. The highest BCUT2D eigenvalue weighted by atomic mass is 32.1. The second-order valence-corrected chi connectivity index (χ2v) is 6.09. The van der Waals surface area contributed by atoms with Crippen LogP contribution in [0.2, 0.25) is 0 Å². The molecule has 2 rings (SSSR count). The Morgan fingerprint density at radius 3 is 2.74 bits per heavy atom. The topological polar surface area (TPSA) is 45.6 Å². The number of aliphatic hydroxyl groups excluding tert-OH is 1. The van der Waals surface area contributed by atoms with Crippen LogP contribution in [0.25, 0.3) is 6.08 Å². The van der Waals surface area contributed by atoms with E-state index < -0.39 is 0 Å². The van der Waals surface area contributed by atoms with E-state index in [0.717, 1.165) is 47.6 Å². The number of aryl methyl sites for hydroxylation is 1. The molecule has 0 spiro atoms. The van der Waals surface area contributed by atoms with Crippen molar-refractivity contribution in [2.24, 2.45) is 5.92 Å². The fraction of sp³-hybridized carbons (Fsp3) is 0.643. The highest BCUT2D eigenvalue weighted by Gasteiger charge is 2.16. The van der Waals surface area contributed by atoms with E-state index in [-0.39, 0.29) is 6.61 Å². The van der Waals surface area contributed by atoms with Crippen molar-refractivity contribution in [3.8, 4) is 0 Å². The third-order valence-corrected chi connectivity index (χ3v) is 4.51. The number of morpholine rings is 1. The molecule has 1 saturated heterocycles. The molecular formula is C14H22N2O2S. The van der Waals surface area contributed by atoms with Gasteiger partial charge in [0.05, 0.1) is 30.4 Å². The van der Waals surface area contributed by atoms with E-state index in [4.69, 9.17) is 4.74 Å².